The van der Waals surface area contributed by atoms with Gasteiger partial charge in [0.25, 0.3) is 0 Å². The van der Waals surface area contributed by atoms with Crippen molar-refractivity contribution in [3.63, 3.8) is 0 Å². The molecule has 2 rings (SSSR count). The smallest absolute Gasteiger partial charge is 0.158 e. The minimum absolute atomic E-state index is 0.144. The van der Waals surface area contributed by atoms with Gasteiger partial charge in [-0.2, -0.15) is 0 Å². The molecule has 0 saturated heterocycles. The number of rotatable bonds is 19. The third-order valence-corrected chi connectivity index (χ3v) is 5.76. The van der Waals surface area contributed by atoms with Crippen LogP contribution >= 0.6 is 0 Å². The number of unbranched alkanes of at least 4 members (excludes halogenated alkanes) is 9. The van der Waals surface area contributed by atoms with Crippen LogP contribution in [0.4, 0.5) is 0 Å². The van der Waals surface area contributed by atoms with Crippen LogP contribution in [0.15, 0.2) is 72.8 Å². The van der Waals surface area contributed by atoms with Gasteiger partial charge in [0.15, 0.2) is 6.29 Å². The molecule has 176 valence electrons. The maximum absolute atomic E-state index is 6.13. The van der Waals surface area contributed by atoms with Crippen LogP contribution in [0.5, 0.6) is 0 Å². The highest BCUT2D eigenvalue weighted by molar-refractivity contribution is 5.14. The summed E-state index contributed by atoms with van der Waals surface area (Å²) < 4.78 is 12.3. The molecule has 0 N–H and O–H groups in total. The summed E-state index contributed by atoms with van der Waals surface area (Å²) in [4.78, 5) is 0. The van der Waals surface area contributed by atoms with Crippen LogP contribution in [0.25, 0.3) is 0 Å². The molecule has 0 fully saturated rings. The Morgan fingerprint density at radius 2 is 1.06 bits per heavy atom. The minimum atomic E-state index is -0.144. The summed E-state index contributed by atoms with van der Waals surface area (Å²) in [7, 11) is 0. The molecule has 0 spiro atoms. The third-order valence-electron chi connectivity index (χ3n) is 5.76. The molecule has 0 aliphatic rings. The first-order valence-corrected chi connectivity index (χ1v) is 12.8. The highest BCUT2D eigenvalue weighted by Gasteiger charge is 2.10. The van der Waals surface area contributed by atoms with Crippen molar-refractivity contribution in [1.29, 1.82) is 0 Å². The van der Waals surface area contributed by atoms with E-state index in [1.165, 1.54) is 75.3 Å². The Bertz CT molecular complexity index is 637. The van der Waals surface area contributed by atoms with Crippen LogP contribution < -0.4 is 0 Å². The van der Waals surface area contributed by atoms with Crippen molar-refractivity contribution in [2.75, 3.05) is 0 Å². The van der Waals surface area contributed by atoms with Crippen LogP contribution in [0.2, 0.25) is 0 Å². The predicted octanol–water partition coefficient (Wildman–Crippen LogP) is 9.00. The standard InChI is InChI=1S/C30H44O2/c1-2-3-4-5-6-7-8-9-10-11-12-13-20-25-30(31-26-28-21-16-14-17-22-28)32-27-29-23-18-15-19-24-29/h5-6,14-19,21-24,30H,2-4,7-13,20,25-27H2,1H3. The number of benzene rings is 2. The van der Waals surface area contributed by atoms with Crippen molar-refractivity contribution >= 4 is 0 Å². The third kappa shape index (κ3) is 13.5. The Kier molecular flexibility index (Phi) is 15.4. The molecular weight excluding hydrogens is 392 g/mol. The number of ether oxygens (including phenoxy) is 2. The quantitative estimate of drug-likeness (QED) is 0.124. The Morgan fingerprint density at radius 3 is 1.59 bits per heavy atom. The zero-order valence-corrected chi connectivity index (χ0v) is 20.2. The van der Waals surface area contributed by atoms with E-state index in [0.717, 1.165) is 12.8 Å². The lowest BCUT2D eigenvalue weighted by Crippen LogP contribution is -2.17. The molecule has 0 atom stereocenters. The molecule has 2 aromatic rings. The second-order valence-corrected chi connectivity index (χ2v) is 8.69. The van der Waals surface area contributed by atoms with E-state index < -0.39 is 0 Å². The SMILES string of the molecule is CCCCC=CCCCCCCCCCC(OCc1ccccc1)OCc1ccccc1. The summed E-state index contributed by atoms with van der Waals surface area (Å²) >= 11 is 0. The van der Waals surface area contributed by atoms with Gasteiger partial charge in [0, 0.05) is 0 Å². The van der Waals surface area contributed by atoms with Crippen molar-refractivity contribution < 1.29 is 9.47 Å². The fraction of sp³-hybridized carbons (Fsp3) is 0.533. The molecule has 0 saturated carbocycles. The van der Waals surface area contributed by atoms with Gasteiger partial charge >= 0.3 is 0 Å². The summed E-state index contributed by atoms with van der Waals surface area (Å²) in [5.41, 5.74) is 2.39. The van der Waals surface area contributed by atoms with Crippen LogP contribution in [-0.4, -0.2) is 6.29 Å². The van der Waals surface area contributed by atoms with E-state index >= 15 is 0 Å². The first-order chi connectivity index (χ1) is 15.9. The molecular formula is C30H44O2. The van der Waals surface area contributed by atoms with E-state index in [1.54, 1.807) is 0 Å². The fourth-order valence-corrected chi connectivity index (χ4v) is 3.76. The van der Waals surface area contributed by atoms with Gasteiger partial charge in [-0.15, -0.1) is 0 Å². The molecule has 0 amide bonds. The number of allylic oxidation sites excluding steroid dienone is 2. The fourth-order valence-electron chi connectivity index (χ4n) is 3.76. The van der Waals surface area contributed by atoms with Gasteiger partial charge < -0.3 is 9.47 Å². The van der Waals surface area contributed by atoms with Gasteiger partial charge in [-0.25, -0.2) is 0 Å². The van der Waals surface area contributed by atoms with Crippen LogP contribution in [-0.2, 0) is 22.7 Å². The average Bonchev–Trinajstić information content (AvgIpc) is 2.84. The first-order valence-electron chi connectivity index (χ1n) is 12.8. The van der Waals surface area contributed by atoms with Crippen molar-refractivity contribution in [3.05, 3.63) is 83.9 Å². The molecule has 0 bridgehead atoms. The molecule has 0 heterocycles. The molecule has 0 aliphatic carbocycles. The monoisotopic (exact) mass is 436 g/mol. The van der Waals surface area contributed by atoms with E-state index in [2.05, 4.69) is 67.6 Å². The van der Waals surface area contributed by atoms with E-state index in [9.17, 15) is 0 Å². The zero-order valence-electron chi connectivity index (χ0n) is 20.2. The van der Waals surface area contributed by atoms with Gasteiger partial charge in [0.1, 0.15) is 0 Å². The largest absolute Gasteiger partial charge is 0.348 e. The maximum atomic E-state index is 6.13. The Labute approximate surface area is 197 Å². The molecule has 2 aromatic carbocycles. The Morgan fingerprint density at radius 1 is 0.594 bits per heavy atom. The van der Waals surface area contributed by atoms with Crippen LogP contribution in [0.3, 0.4) is 0 Å². The topological polar surface area (TPSA) is 18.5 Å². The van der Waals surface area contributed by atoms with Gasteiger partial charge in [0.05, 0.1) is 13.2 Å². The lowest BCUT2D eigenvalue weighted by Gasteiger charge is -2.19. The van der Waals surface area contributed by atoms with Crippen LogP contribution in [0.1, 0.15) is 95.1 Å². The van der Waals surface area contributed by atoms with E-state index in [4.69, 9.17) is 9.47 Å². The van der Waals surface area contributed by atoms with Gasteiger partial charge in [-0.3, -0.25) is 0 Å². The molecule has 32 heavy (non-hydrogen) atoms. The van der Waals surface area contributed by atoms with Crippen molar-refractivity contribution in [3.8, 4) is 0 Å². The normalized spacial score (nSPS) is 11.6. The van der Waals surface area contributed by atoms with Gasteiger partial charge in [-0.1, -0.05) is 125 Å². The molecule has 0 aromatic heterocycles. The summed E-state index contributed by atoms with van der Waals surface area (Å²) in [5, 5.41) is 0. The number of hydrogen-bond donors (Lipinski definition) is 0. The average molecular weight is 437 g/mol. The number of hydrogen-bond acceptors (Lipinski definition) is 2. The molecule has 0 unspecified atom stereocenters. The Balaban J connectivity index is 1.57. The highest BCUT2D eigenvalue weighted by Crippen LogP contribution is 2.16. The van der Waals surface area contributed by atoms with Crippen molar-refractivity contribution in [2.45, 2.75) is 103 Å². The van der Waals surface area contributed by atoms with Crippen molar-refractivity contribution in [1.82, 2.24) is 0 Å². The van der Waals surface area contributed by atoms with Gasteiger partial charge in [0.2, 0.25) is 0 Å². The highest BCUT2D eigenvalue weighted by atomic mass is 16.7. The van der Waals surface area contributed by atoms with Crippen molar-refractivity contribution in [2.24, 2.45) is 0 Å². The Hall–Kier alpha value is -1.90. The second kappa shape index (κ2) is 18.7. The predicted molar refractivity (Wildman–Crippen MR) is 136 cm³/mol. The van der Waals surface area contributed by atoms with E-state index in [1.807, 2.05) is 12.1 Å². The molecule has 0 aliphatic heterocycles. The minimum Gasteiger partial charge on any atom is -0.348 e. The molecule has 0 radical (unpaired) electrons. The summed E-state index contributed by atoms with van der Waals surface area (Å²) in [6.07, 6.45) is 19.8. The lowest BCUT2D eigenvalue weighted by molar-refractivity contribution is -0.160. The zero-order chi connectivity index (χ0) is 22.5. The van der Waals surface area contributed by atoms with Crippen LogP contribution in [0, 0.1) is 0 Å². The second-order valence-electron chi connectivity index (χ2n) is 8.69. The molecule has 2 heteroatoms. The maximum Gasteiger partial charge on any atom is 0.158 e. The van der Waals surface area contributed by atoms with E-state index in [0.29, 0.717) is 13.2 Å². The summed E-state index contributed by atoms with van der Waals surface area (Å²) in [6.45, 7) is 3.46. The first kappa shape index (κ1) is 26.4. The summed E-state index contributed by atoms with van der Waals surface area (Å²) in [5.74, 6) is 0. The van der Waals surface area contributed by atoms with E-state index in [-0.39, 0.29) is 6.29 Å². The lowest BCUT2D eigenvalue weighted by atomic mass is 10.1. The van der Waals surface area contributed by atoms with Gasteiger partial charge in [-0.05, 0) is 43.2 Å². The molecule has 2 nitrogen and oxygen atoms in total. The summed E-state index contributed by atoms with van der Waals surface area (Å²) in [6, 6.07) is 20.7.